The minimum atomic E-state index is 0.780. The average Bonchev–Trinajstić information content (AvgIpc) is 2.49. The monoisotopic (exact) mass is 126 g/mol. The lowest BCUT2D eigenvalue weighted by Crippen LogP contribution is -1.70. The molecule has 1 saturated carbocycles. The summed E-state index contributed by atoms with van der Waals surface area (Å²) in [6.45, 7) is 0. The van der Waals surface area contributed by atoms with Crippen molar-refractivity contribution in [1.82, 2.24) is 9.36 Å². The Kier molecular flexibility index (Phi) is 0.842. The highest BCUT2D eigenvalue weighted by Crippen LogP contribution is 2.40. The van der Waals surface area contributed by atoms with Gasteiger partial charge in [0.15, 0.2) is 0 Å². The molecule has 0 amide bonds. The van der Waals surface area contributed by atoms with Gasteiger partial charge in [0.2, 0.25) is 0 Å². The molecule has 1 aromatic rings. The first-order valence-corrected chi connectivity index (χ1v) is 3.51. The lowest BCUT2D eigenvalue weighted by atomic mass is 10.5. The van der Waals surface area contributed by atoms with Gasteiger partial charge in [-0.05, 0) is 24.4 Å². The van der Waals surface area contributed by atoms with E-state index in [1.165, 1.54) is 29.4 Å². The Balaban J connectivity index is 2.28. The molecule has 0 atom stereocenters. The van der Waals surface area contributed by atoms with Gasteiger partial charge < -0.3 is 0 Å². The van der Waals surface area contributed by atoms with Crippen LogP contribution in [0.25, 0.3) is 0 Å². The van der Waals surface area contributed by atoms with Crippen LogP contribution in [0.15, 0.2) is 6.33 Å². The van der Waals surface area contributed by atoms with Crippen LogP contribution < -0.4 is 0 Å². The van der Waals surface area contributed by atoms with Gasteiger partial charge in [-0.1, -0.05) is 0 Å². The summed E-state index contributed by atoms with van der Waals surface area (Å²) in [5, 5.41) is 1.23. The van der Waals surface area contributed by atoms with Crippen LogP contribution in [0.5, 0.6) is 0 Å². The van der Waals surface area contributed by atoms with E-state index in [0.29, 0.717) is 0 Å². The van der Waals surface area contributed by atoms with Crippen LogP contribution in [-0.4, -0.2) is 9.36 Å². The smallest absolute Gasteiger partial charge is 0.129 e. The van der Waals surface area contributed by atoms with Crippen molar-refractivity contribution >= 4 is 11.5 Å². The van der Waals surface area contributed by atoms with Crippen molar-refractivity contribution in [3.63, 3.8) is 0 Å². The molecule has 0 N–H and O–H groups in total. The van der Waals surface area contributed by atoms with Gasteiger partial charge in [0.25, 0.3) is 0 Å². The number of nitrogens with zero attached hydrogens (tertiary/aromatic N) is 2. The first-order valence-electron chi connectivity index (χ1n) is 2.73. The molecule has 0 unspecified atom stereocenters. The van der Waals surface area contributed by atoms with Gasteiger partial charge >= 0.3 is 0 Å². The Morgan fingerprint density at radius 1 is 1.62 bits per heavy atom. The predicted molar refractivity (Wildman–Crippen MR) is 31.9 cm³/mol. The van der Waals surface area contributed by atoms with Crippen LogP contribution in [-0.2, 0) is 0 Å². The molecule has 0 saturated heterocycles. The SMILES string of the molecule is c1nsc(C2CC2)n1. The van der Waals surface area contributed by atoms with Crippen LogP contribution in [0.2, 0.25) is 0 Å². The first kappa shape index (κ1) is 4.44. The Morgan fingerprint density at radius 3 is 3.00 bits per heavy atom. The minimum absolute atomic E-state index is 0.780. The van der Waals surface area contributed by atoms with Crippen LogP contribution in [0.1, 0.15) is 23.8 Å². The molecule has 1 aliphatic rings. The van der Waals surface area contributed by atoms with E-state index in [-0.39, 0.29) is 0 Å². The highest BCUT2D eigenvalue weighted by atomic mass is 32.1. The number of hydrogen-bond acceptors (Lipinski definition) is 3. The second-order valence-electron chi connectivity index (χ2n) is 2.05. The van der Waals surface area contributed by atoms with E-state index in [2.05, 4.69) is 9.36 Å². The Bertz CT molecular complexity index is 167. The van der Waals surface area contributed by atoms with E-state index in [4.69, 9.17) is 0 Å². The molecular formula is C5H6N2S. The maximum absolute atomic E-state index is 4.09. The third-order valence-electron chi connectivity index (χ3n) is 1.30. The molecule has 8 heavy (non-hydrogen) atoms. The molecule has 2 rings (SSSR count). The van der Waals surface area contributed by atoms with Gasteiger partial charge in [0, 0.05) is 5.92 Å². The van der Waals surface area contributed by atoms with E-state index in [0.717, 1.165) is 5.92 Å². The largest absolute Gasteiger partial charge is 0.228 e. The standard InChI is InChI=1S/C5H6N2S/c1-2-4(1)5-6-3-7-8-5/h3-4H,1-2H2. The normalized spacial score (nSPS) is 19.0. The zero-order valence-electron chi connectivity index (χ0n) is 4.37. The molecule has 42 valence electrons. The summed E-state index contributed by atoms with van der Waals surface area (Å²) in [4.78, 5) is 4.09. The van der Waals surface area contributed by atoms with Crippen molar-refractivity contribution in [3.05, 3.63) is 11.3 Å². The van der Waals surface area contributed by atoms with E-state index >= 15 is 0 Å². The zero-order chi connectivity index (χ0) is 5.40. The molecule has 1 aliphatic carbocycles. The molecule has 1 fully saturated rings. The molecule has 2 nitrogen and oxygen atoms in total. The maximum atomic E-state index is 4.09. The third-order valence-corrected chi connectivity index (χ3v) is 2.13. The first-order chi connectivity index (χ1) is 3.97. The lowest BCUT2D eigenvalue weighted by molar-refractivity contribution is 1.08. The van der Waals surface area contributed by atoms with Crippen molar-refractivity contribution in [2.24, 2.45) is 0 Å². The molecular weight excluding hydrogens is 120 g/mol. The van der Waals surface area contributed by atoms with E-state index in [9.17, 15) is 0 Å². The van der Waals surface area contributed by atoms with Crippen LogP contribution in [0.3, 0.4) is 0 Å². The zero-order valence-corrected chi connectivity index (χ0v) is 5.19. The Labute approximate surface area is 51.7 Å². The van der Waals surface area contributed by atoms with Crippen molar-refractivity contribution in [2.75, 3.05) is 0 Å². The molecule has 1 aromatic heterocycles. The molecule has 0 aromatic carbocycles. The summed E-state index contributed by atoms with van der Waals surface area (Å²) in [6.07, 6.45) is 4.29. The van der Waals surface area contributed by atoms with Crippen molar-refractivity contribution in [1.29, 1.82) is 0 Å². The summed E-state index contributed by atoms with van der Waals surface area (Å²) < 4.78 is 3.91. The summed E-state index contributed by atoms with van der Waals surface area (Å²) in [7, 11) is 0. The second kappa shape index (κ2) is 1.52. The van der Waals surface area contributed by atoms with Crippen LogP contribution >= 0.6 is 11.5 Å². The van der Waals surface area contributed by atoms with Gasteiger partial charge in [-0.25, -0.2) is 4.98 Å². The molecule has 0 bridgehead atoms. The Morgan fingerprint density at radius 2 is 2.50 bits per heavy atom. The van der Waals surface area contributed by atoms with Crippen molar-refractivity contribution in [3.8, 4) is 0 Å². The summed E-state index contributed by atoms with van der Waals surface area (Å²) in [5.74, 6) is 0.780. The fourth-order valence-electron chi connectivity index (χ4n) is 0.692. The quantitative estimate of drug-likeness (QED) is 0.568. The number of aromatic nitrogens is 2. The fraction of sp³-hybridized carbons (Fsp3) is 0.600. The highest BCUT2D eigenvalue weighted by molar-refractivity contribution is 7.05. The van der Waals surface area contributed by atoms with E-state index in [1.807, 2.05) is 0 Å². The average molecular weight is 126 g/mol. The van der Waals surface area contributed by atoms with Crippen LogP contribution in [0, 0.1) is 0 Å². The fourth-order valence-corrected chi connectivity index (χ4v) is 1.37. The van der Waals surface area contributed by atoms with Crippen molar-refractivity contribution < 1.29 is 0 Å². The van der Waals surface area contributed by atoms with Gasteiger partial charge in [0.1, 0.15) is 11.3 Å². The predicted octanol–water partition coefficient (Wildman–Crippen LogP) is 1.42. The number of hydrogen-bond donors (Lipinski definition) is 0. The second-order valence-corrected chi connectivity index (χ2v) is 2.87. The molecule has 0 aliphatic heterocycles. The van der Waals surface area contributed by atoms with Crippen molar-refractivity contribution in [2.45, 2.75) is 18.8 Å². The maximum Gasteiger partial charge on any atom is 0.129 e. The third kappa shape index (κ3) is 0.629. The van der Waals surface area contributed by atoms with Gasteiger partial charge in [-0.15, -0.1) is 0 Å². The topological polar surface area (TPSA) is 25.8 Å². The number of rotatable bonds is 1. The lowest BCUT2D eigenvalue weighted by Gasteiger charge is -1.78. The minimum Gasteiger partial charge on any atom is -0.228 e. The highest BCUT2D eigenvalue weighted by Gasteiger charge is 2.25. The molecule has 3 heteroatoms. The van der Waals surface area contributed by atoms with E-state index in [1.54, 1.807) is 6.33 Å². The van der Waals surface area contributed by atoms with Gasteiger partial charge in [0.05, 0.1) is 0 Å². The molecule has 1 heterocycles. The summed E-state index contributed by atoms with van der Waals surface area (Å²) in [6, 6.07) is 0. The van der Waals surface area contributed by atoms with E-state index < -0.39 is 0 Å². The molecule has 0 spiro atoms. The van der Waals surface area contributed by atoms with Crippen LogP contribution in [0.4, 0.5) is 0 Å². The summed E-state index contributed by atoms with van der Waals surface area (Å²) in [5.41, 5.74) is 0. The Hall–Kier alpha value is -0.440. The van der Waals surface area contributed by atoms with Gasteiger partial charge in [-0.3, -0.25) is 0 Å². The molecule has 0 radical (unpaired) electrons. The van der Waals surface area contributed by atoms with Gasteiger partial charge in [-0.2, -0.15) is 4.37 Å². The summed E-state index contributed by atoms with van der Waals surface area (Å²) >= 11 is 1.53.